The van der Waals surface area contributed by atoms with Crippen molar-refractivity contribution in [3.8, 4) is 10.6 Å². The first kappa shape index (κ1) is 12.2. The zero-order valence-electron chi connectivity index (χ0n) is 10.8. The van der Waals surface area contributed by atoms with E-state index in [4.69, 9.17) is 5.73 Å². The summed E-state index contributed by atoms with van der Waals surface area (Å²) >= 11 is 1.28. The van der Waals surface area contributed by atoms with Crippen molar-refractivity contribution in [3.63, 3.8) is 0 Å². The molecule has 19 heavy (non-hydrogen) atoms. The highest BCUT2D eigenvalue weighted by Gasteiger charge is 2.42. The molecule has 0 saturated heterocycles. The van der Waals surface area contributed by atoms with Crippen LogP contribution in [0, 0.1) is 6.92 Å². The zero-order valence-corrected chi connectivity index (χ0v) is 11.6. The van der Waals surface area contributed by atoms with Crippen molar-refractivity contribution in [1.29, 1.82) is 0 Å². The lowest BCUT2D eigenvalue weighted by molar-refractivity contribution is 0.1000. The molecule has 0 spiro atoms. The van der Waals surface area contributed by atoms with Crippen molar-refractivity contribution in [2.45, 2.75) is 32.1 Å². The van der Waals surface area contributed by atoms with Crippen molar-refractivity contribution >= 4 is 17.2 Å². The van der Waals surface area contributed by atoms with Crippen LogP contribution in [0.4, 0.5) is 0 Å². The lowest BCUT2D eigenvalue weighted by atomic mass is 10.1. The van der Waals surface area contributed by atoms with Crippen LogP contribution in [0.15, 0.2) is 12.3 Å². The molecule has 1 aliphatic rings. The summed E-state index contributed by atoms with van der Waals surface area (Å²) in [4.78, 5) is 25.2. The molecule has 2 N–H and O–H groups in total. The molecule has 6 heteroatoms. The van der Waals surface area contributed by atoms with E-state index >= 15 is 0 Å². The molecule has 0 atom stereocenters. The average Bonchev–Trinajstić information content (AvgIpc) is 3.01. The van der Waals surface area contributed by atoms with E-state index in [0.717, 1.165) is 34.9 Å². The van der Waals surface area contributed by atoms with Gasteiger partial charge in [-0.1, -0.05) is 6.92 Å². The SMILES string of the molecule is Cc1nc(C(N)=O)sc1-c1ccnc(C2(C)CC2)n1. The molecule has 1 aliphatic carbocycles. The van der Waals surface area contributed by atoms with Gasteiger partial charge in [-0.05, 0) is 25.8 Å². The van der Waals surface area contributed by atoms with E-state index in [1.807, 2.05) is 13.0 Å². The van der Waals surface area contributed by atoms with E-state index in [-0.39, 0.29) is 5.41 Å². The predicted molar refractivity (Wildman–Crippen MR) is 73.0 cm³/mol. The first-order valence-electron chi connectivity index (χ1n) is 6.11. The van der Waals surface area contributed by atoms with Crippen LogP contribution in [0.1, 0.15) is 41.1 Å². The van der Waals surface area contributed by atoms with E-state index in [2.05, 4.69) is 21.9 Å². The summed E-state index contributed by atoms with van der Waals surface area (Å²) in [5.41, 5.74) is 6.99. The standard InChI is InChI=1S/C13H14N4OS/c1-7-9(19-11(16-7)10(14)18)8-3-6-15-12(17-8)13(2)4-5-13/h3,6H,4-5H2,1-2H3,(H2,14,18). The van der Waals surface area contributed by atoms with Gasteiger partial charge in [0.2, 0.25) is 0 Å². The number of amides is 1. The molecule has 98 valence electrons. The number of nitrogens with two attached hydrogens (primary N) is 1. The summed E-state index contributed by atoms with van der Waals surface area (Å²) in [7, 11) is 0. The minimum Gasteiger partial charge on any atom is -0.364 e. The van der Waals surface area contributed by atoms with Crippen molar-refractivity contribution in [2.24, 2.45) is 5.73 Å². The maximum Gasteiger partial charge on any atom is 0.277 e. The summed E-state index contributed by atoms with van der Waals surface area (Å²) in [6, 6.07) is 1.85. The molecule has 0 radical (unpaired) electrons. The number of aromatic nitrogens is 3. The van der Waals surface area contributed by atoms with Crippen molar-refractivity contribution < 1.29 is 4.79 Å². The lowest BCUT2D eigenvalue weighted by Crippen LogP contribution is -2.10. The van der Waals surface area contributed by atoms with Gasteiger partial charge in [0.15, 0.2) is 5.01 Å². The second-order valence-corrected chi connectivity index (χ2v) is 6.12. The summed E-state index contributed by atoms with van der Waals surface area (Å²) < 4.78 is 0. The Hall–Kier alpha value is -1.82. The smallest absolute Gasteiger partial charge is 0.277 e. The maximum atomic E-state index is 11.2. The quantitative estimate of drug-likeness (QED) is 0.928. The molecule has 3 rings (SSSR count). The molecule has 1 saturated carbocycles. The number of hydrogen-bond acceptors (Lipinski definition) is 5. The number of primary amides is 1. The lowest BCUT2D eigenvalue weighted by Gasteiger charge is -2.07. The van der Waals surface area contributed by atoms with Crippen molar-refractivity contribution in [1.82, 2.24) is 15.0 Å². The number of thiazole rings is 1. The Morgan fingerprint density at radius 1 is 1.42 bits per heavy atom. The van der Waals surface area contributed by atoms with Crippen LogP contribution in [0.2, 0.25) is 0 Å². The third-order valence-electron chi connectivity index (χ3n) is 3.44. The first-order valence-corrected chi connectivity index (χ1v) is 6.92. The van der Waals surface area contributed by atoms with Gasteiger partial charge in [0.1, 0.15) is 5.82 Å². The predicted octanol–water partition coefficient (Wildman–Crippen LogP) is 2.06. The fourth-order valence-corrected chi connectivity index (χ4v) is 2.81. The molecule has 5 nitrogen and oxygen atoms in total. The van der Waals surface area contributed by atoms with Gasteiger partial charge in [0, 0.05) is 11.6 Å². The molecule has 1 amide bonds. The Balaban J connectivity index is 2.04. The van der Waals surface area contributed by atoms with Crippen LogP contribution in [0.3, 0.4) is 0 Å². The van der Waals surface area contributed by atoms with Gasteiger partial charge in [0.25, 0.3) is 5.91 Å². The first-order chi connectivity index (χ1) is 8.99. The number of rotatable bonds is 3. The van der Waals surface area contributed by atoms with E-state index < -0.39 is 5.91 Å². The average molecular weight is 274 g/mol. The van der Waals surface area contributed by atoms with Gasteiger partial charge in [-0.2, -0.15) is 0 Å². The van der Waals surface area contributed by atoms with Crippen LogP contribution < -0.4 is 5.73 Å². The van der Waals surface area contributed by atoms with Gasteiger partial charge in [-0.25, -0.2) is 15.0 Å². The molecule has 0 bridgehead atoms. The number of carbonyl (C=O) groups is 1. The van der Waals surface area contributed by atoms with E-state index in [1.54, 1.807) is 6.20 Å². The topological polar surface area (TPSA) is 81.8 Å². The minimum atomic E-state index is -0.497. The van der Waals surface area contributed by atoms with Crippen molar-refractivity contribution in [3.05, 3.63) is 28.8 Å². The van der Waals surface area contributed by atoms with Crippen LogP contribution in [0.25, 0.3) is 10.6 Å². The van der Waals surface area contributed by atoms with Gasteiger partial charge < -0.3 is 5.73 Å². The molecular weight excluding hydrogens is 260 g/mol. The summed E-state index contributed by atoms with van der Waals surface area (Å²) in [6.45, 7) is 4.03. The van der Waals surface area contributed by atoms with Gasteiger partial charge in [-0.15, -0.1) is 11.3 Å². The van der Waals surface area contributed by atoms with E-state index in [1.165, 1.54) is 11.3 Å². The summed E-state index contributed by atoms with van der Waals surface area (Å²) in [6.07, 6.45) is 4.03. The summed E-state index contributed by atoms with van der Waals surface area (Å²) in [5.74, 6) is 0.376. The summed E-state index contributed by atoms with van der Waals surface area (Å²) in [5, 5.41) is 0.324. The van der Waals surface area contributed by atoms with E-state index in [0.29, 0.717) is 5.01 Å². The molecule has 1 fully saturated rings. The maximum absolute atomic E-state index is 11.2. The number of nitrogens with zero attached hydrogens (tertiary/aromatic N) is 3. The van der Waals surface area contributed by atoms with E-state index in [9.17, 15) is 4.79 Å². The van der Waals surface area contributed by atoms with Gasteiger partial charge in [0.05, 0.1) is 16.3 Å². The van der Waals surface area contributed by atoms with Crippen LogP contribution in [-0.2, 0) is 5.41 Å². The Labute approximate surface area is 114 Å². The number of carbonyl (C=O) groups excluding carboxylic acids is 1. The minimum absolute atomic E-state index is 0.126. The fraction of sp³-hybridized carbons (Fsp3) is 0.385. The molecule has 2 aromatic heterocycles. The highest BCUT2D eigenvalue weighted by molar-refractivity contribution is 7.17. The monoisotopic (exact) mass is 274 g/mol. The molecule has 2 aromatic rings. The fourth-order valence-electron chi connectivity index (χ4n) is 1.93. The Morgan fingerprint density at radius 2 is 2.16 bits per heavy atom. The largest absolute Gasteiger partial charge is 0.364 e. The molecule has 0 aliphatic heterocycles. The van der Waals surface area contributed by atoms with Gasteiger partial charge in [-0.3, -0.25) is 4.79 Å². The molecular formula is C13H14N4OS. The Morgan fingerprint density at radius 3 is 2.74 bits per heavy atom. The highest BCUT2D eigenvalue weighted by Crippen LogP contribution is 2.46. The van der Waals surface area contributed by atoms with Gasteiger partial charge >= 0.3 is 0 Å². The second kappa shape index (κ2) is 4.09. The van der Waals surface area contributed by atoms with Crippen LogP contribution in [0.5, 0.6) is 0 Å². The highest BCUT2D eigenvalue weighted by atomic mass is 32.1. The zero-order chi connectivity index (χ0) is 13.6. The Kier molecular flexibility index (Phi) is 2.63. The second-order valence-electron chi connectivity index (χ2n) is 5.12. The molecule has 2 heterocycles. The van der Waals surface area contributed by atoms with Crippen LogP contribution >= 0.6 is 11.3 Å². The third kappa shape index (κ3) is 2.12. The third-order valence-corrected chi connectivity index (χ3v) is 4.63. The molecule has 0 aromatic carbocycles. The number of aryl methyl sites for hydroxylation is 1. The van der Waals surface area contributed by atoms with Crippen LogP contribution in [-0.4, -0.2) is 20.9 Å². The molecule has 0 unspecified atom stereocenters. The van der Waals surface area contributed by atoms with Crippen molar-refractivity contribution in [2.75, 3.05) is 0 Å². The normalized spacial score (nSPS) is 16.3. The number of hydrogen-bond donors (Lipinski definition) is 1. The Bertz CT molecular complexity index is 660.